The van der Waals surface area contributed by atoms with E-state index in [2.05, 4.69) is 31.4 Å². The van der Waals surface area contributed by atoms with Gasteiger partial charge in [-0.15, -0.1) is 0 Å². The molecule has 2 rings (SSSR count). The second kappa shape index (κ2) is 10.6. The summed E-state index contributed by atoms with van der Waals surface area (Å²) in [4.78, 5) is 24.3. The summed E-state index contributed by atoms with van der Waals surface area (Å²) in [6.45, 7) is 6.76. The molecule has 0 atom stereocenters. The minimum atomic E-state index is -3.65. The number of ether oxygens (including phenoxy) is 1. The molecular formula is C23H31N3O5S. The summed E-state index contributed by atoms with van der Waals surface area (Å²) in [6.07, 6.45) is 0. The molecule has 0 heterocycles. The monoisotopic (exact) mass is 461 g/mol. The maximum Gasteiger partial charge on any atom is 0.251 e. The number of sulfonamides is 1. The van der Waals surface area contributed by atoms with E-state index in [4.69, 9.17) is 4.74 Å². The summed E-state index contributed by atoms with van der Waals surface area (Å²) in [5, 5.41) is 5.15. The third-order valence-corrected chi connectivity index (χ3v) is 6.51. The standard InChI is InChI=1S/C23H31N3O5S/c1-23(2,3)18-9-11-19(12-10-18)31-14-13-24-21(27)16-25-22(28)17-7-6-8-20(15-17)32(29,30)26(4)5/h6-12,15H,13-14,16H2,1-5H3,(H,24,27)(H,25,28). The van der Waals surface area contributed by atoms with Gasteiger partial charge < -0.3 is 15.4 Å². The molecular weight excluding hydrogens is 430 g/mol. The third kappa shape index (κ3) is 7.06. The molecule has 0 saturated carbocycles. The quantitative estimate of drug-likeness (QED) is 0.557. The zero-order valence-electron chi connectivity index (χ0n) is 19.1. The van der Waals surface area contributed by atoms with Crippen LogP contribution in [0.3, 0.4) is 0 Å². The number of amides is 2. The highest BCUT2D eigenvalue weighted by molar-refractivity contribution is 7.89. The van der Waals surface area contributed by atoms with Crippen molar-refractivity contribution >= 4 is 21.8 Å². The lowest BCUT2D eigenvalue weighted by Gasteiger charge is -2.19. The lowest BCUT2D eigenvalue weighted by Crippen LogP contribution is -2.38. The topological polar surface area (TPSA) is 105 Å². The van der Waals surface area contributed by atoms with Crippen molar-refractivity contribution in [3.05, 3.63) is 59.7 Å². The highest BCUT2D eigenvalue weighted by Gasteiger charge is 2.19. The average molecular weight is 462 g/mol. The fourth-order valence-electron chi connectivity index (χ4n) is 2.74. The molecule has 0 bridgehead atoms. The molecule has 2 aromatic carbocycles. The van der Waals surface area contributed by atoms with Crippen LogP contribution < -0.4 is 15.4 Å². The Hall–Kier alpha value is -2.91. The van der Waals surface area contributed by atoms with Crippen LogP contribution in [0.1, 0.15) is 36.7 Å². The minimum Gasteiger partial charge on any atom is -0.492 e. The van der Waals surface area contributed by atoms with Crippen molar-refractivity contribution in [1.82, 2.24) is 14.9 Å². The molecule has 0 aliphatic rings. The largest absolute Gasteiger partial charge is 0.492 e. The lowest BCUT2D eigenvalue weighted by molar-refractivity contribution is -0.120. The first kappa shape index (κ1) is 25.4. The van der Waals surface area contributed by atoms with Crippen molar-refractivity contribution in [3.8, 4) is 5.75 Å². The Labute approximate surface area is 190 Å². The molecule has 0 aliphatic heterocycles. The second-order valence-electron chi connectivity index (χ2n) is 8.47. The Morgan fingerprint density at radius 3 is 2.25 bits per heavy atom. The maximum absolute atomic E-state index is 12.3. The number of hydrogen-bond donors (Lipinski definition) is 2. The van der Waals surface area contributed by atoms with Gasteiger partial charge in [0.05, 0.1) is 18.0 Å². The fourth-order valence-corrected chi connectivity index (χ4v) is 3.69. The third-order valence-electron chi connectivity index (χ3n) is 4.70. The number of benzene rings is 2. The Morgan fingerprint density at radius 1 is 1.00 bits per heavy atom. The van der Waals surface area contributed by atoms with Crippen molar-refractivity contribution in [2.24, 2.45) is 0 Å². The maximum atomic E-state index is 12.3. The number of hydrogen-bond acceptors (Lipinski definition) is 5. The van der Waals surface area contributed by atoms with Crippen LogP contribution in [0.5, 0.6) is 5.75 Å². The van der Waals surface area contributed by atoms with Gasteiger partial charge in [0.25, 0.3) is 5.91 Å². The van der Waals surface area contributed by atoms with Crippen LogP contribution in [-0.2, 0) is 20.2 Å². The molecule has 8 nitrogen and oxygen atoms in total. The van der Waals surface area contributed by atoms with E-state index >= 15 is 0 Å². The van der Waals surface area contributed by atoms with Crippen LogP contribution in [0.2, 0.25) is 0 Å². The predicted molar refractivity (Wildman–Crippen MR) is 123 cm³/mol. The molecule has 0 saturated heterocycles. The second-order valence-corrected chi connectivity index (χ2v) is 10.6. The van der Waals surface area contributed by atoms with Crippen molar-refractivity contribution in [2.45, 2.75) is 31.1 Å². The summed E-state index contributed by atoms with van der Waals surface area (Å²) in [5.41, 5.74) is 1.43. The first-order valence-electron chi connectivity index (χ1n) is 10.2. The smallest absolute Gasteiger partial charge is 0.251 e. The van der Waals surface area contributed by atoms with Crippen LogP contribution in [0.15, 0.2) is 53.4 Å². The summed E-state index contributed by atoms with van der Waals surface area (Å²) >= 11 is 0. The predicted octanol–water partition coefficient (Wildman–Crippen LogP) is 2.16. The van der Waals surface area contributed by atoms with E-state index in [1.54, 1.807) is 0 Å². The number of nitrogens with zero attached hydrogens (tertiary/aromatic N) is 1. The van der Waals surface area contributed by atoms with E-state index in [1.807, 2.05) is 24.3 Å². The molecule has 0 radical (unpaired) electrons. The van der Waals surface area contributed by atoms with Gasteiger partial charge in [-0.2, -0.15) is 0 Å². The van der Waals surface area contributed by atoms with Crippen molar-refractivity contribution in [2.75, 3.05) is 33.8 Å². The molecule has 0 spiro atoms. The molecule has 174 valence electrons. The number of rotatable bonds is 9. The van der Waals surface area contributed by atoms with Gasteiger partial charge >= 0.3 is 0 Å². The first-order valence-corrected chi connectivity index (χ1v) is 11.7. The van der Waals surface area contributed by atoms with Gasteiger partial charge in [0.1, 0.15) is 12.4 Å². The number of carbonyl (C=O) groups excluding carboxylic acids is 2. The van der Waals surface area contributed by atoms with E-state index in [-0.39, 0.29) is 34.9 Å². The van der Waals surface area contributed by atoms with Crippen LogP contribution in [0.4, 0.5) is 0 Å². The molecule has 2 amide bonds. The molecule has 2 aromatic rings. The first-order chi connectivity index (χ1) is 14.9. The van der Waals surface area contributed by atoms with E-state index in [0.717, 1.165) is 4.31 Å². The molecule has 0 aromatic heterocycles. The van der Waals surface area contributed by atoms with Gasteiger partial charge in [0.2, 0.25) is 15.9 Å². The molecule has 9 heteroatoms. The van der Waals surface area contributed by atoms with E-state index < -0.39 is 15.9 Å². The van der Waals surface area contributed by atoms with Gasteiger partial charge in [-0.1, -0.05) is 39.0 Å². The van der Waals surface area contributed by atoms with Gasteiger partial charge in [-0.05, 0) is 41.3 Å². The zero-order valence-corrected chi connectivity index (χ0v) is 20.0. The molecule has 0 unspecified atom stereocenters. The van der Waals surface area contributed by atoms with Crippen LogP contribution >= 0.6 is 0 Å². The Bertz CT molecular complexity index is 1040. The summed E-state index contributed by atoms with van der Waals surface area (Å²) in [6, 6.07) is 13.5. The minimum absolute atomic E-state index is 0.00674. The Morgan fingerprint density at radius 2 is 1.66 bits per heavy atom. The van der Waals surface area contributed by atoms with Crippen LogP contribution in [0.25, 0.3) is 0 Å². The summed E-state index contributed by atoms with van der Waals surface area (Å²) in [7, 11) is -0.824. The van der Waals surface area contributed by atoms with Crippen LogP contribution in [-0.4, -0.2) is 58.3 Å². The molecule has 0 fully saturated rings. The van der Waals surface area contributed by atoms with Crippen molar-refractivity contribution < 1.29 is 22.7 Å². The molecule has 32 heavy (non-hydrogen) atoms. The Kier molecular flexibility index (Phi) is 8.40. The highest BCUT2D eigenvalue weighted by atomic mass is 32.2. The zero-order chi connectivity index (χ0) is 23.9. The number of nitrogens with one attached hydrogen (secondary N) is 2. The van der Waals surface area contributed by atoms with Gasteiger partial charge in [0, 0.05) is 19.7 Å². The molecule has 2 N–H and O–H groups in total. The normalized spacial score (nSPS) is 11.8. The fraction of sp³-hybridized carbons (Fsp3) is 0.391. The van der Waals surface area contributed by atoms with Crippen LogP contribution in [0, 0.1) is 0 Å². The van der Waals surface area contributed by atoms with Gasteiger partial charge in [0.15, 0.2) is 0 Å². The Balaban J connectivity index is 1.77. The molecule has 0 aliphatic carbocycles. The van der Waals surface area contributed by atoms with Gasteiger partial charge in [-0.3, -0.25) is 9.59 Å². The summed E-state index contributed by atoms with van der Waals surface area (Å²) in [5.74, 6) is -0.193. The SMILES string of the molecule is CN(C)S(=O)(=O)c1cccc(C(=O)NCC(=O)NCCOc2ccc(C(C)(C)C)cc2)c1. The van der Waals surface area contributed by atoms with E-state index in [9.17, 15) is 18.0 Å². The average Bonchev–Trinajstić information content (AvgIpc) is 2.74. The van der Waals surface area contributed by atoms with Crippen molar-refractivity contribution in [3.63, 3.8) is 0 Å². The number of carbonyl (C=O) groups is 2. The highest BCUT2D eigenvalue weighted by Crippen LogP contribution is 2.24. The van der Waals surface area contributed by atoms with E-state index in [0.29, 0.717) is 12.4 Å². The van der Waals surface area contributed by atoms with Gasteiger partial charge in [-0.25, -0.2) is 12.7 Å². The summed E-state index contributed by atoms with van der Waals surface area (Å²) < 4.78 is 31.1. The lowest BCUT2D eigenvalue weighted by atomic mass is 9.87. The van der Waals surface area contributed by atoms with E-state index in [1.165, 1.54) is 43.9 Å². The van der Waals surface area contributed by atoms with Crippen molar-refractivity contribution in [1.29, 1.82) is 0 Å².